The molecule has 1 heterocycles. The number of carbonyl (C=O) groups is 2. The summed E-state index contributed by atoms with van der Waals surface area (Å²) in [5, 5.41) is 5.87. The minimum absolute atomic E-state index is 0.0717. The average Bonchev–Trinajstić information content (AvgIpc) is 3.30. The molecule has 1 fully saturated rings. The molecule has 0 bridgehead atoms. The number of anilines is 2. The van der Waals surface area contributed by atoms with Crippen LogP contribution in [0.5, 0.6) is 0 Å². The fourth-order valence-electron chi connectivity index (χ4n) is 2.08. The van der Waals surface area contributed by atoms with Crippen LogP contribution in [0.4, 0.5) is 15.2 Å². The van der Waals surface area contributed by atoms with Crippen molar-refractivity contribution < 1.29 is 14.0 Å². The molecule has 0 aliphatic heterocycles. The van der Waals surface area contributed by atoms with Gasteiger partial charge in [-0.3, -0.25) is 14.5 Å². The van der Waals surface area contributed by atoms with Gasteiger partial charge in [-0.25, -0.2) is 14.8 Å². The number of para-hydroxylation sites is 1. The number of aromatic nitrogens is 1. The van der Waals surface area contributed by atoms with E-state index in [4.69, 9.17) is 0 Å². The summed E-state index contributed by atoms with van der Waals surface area (Å²) in [5.74, 6) is -0.879. The van der Waals surface area contributed by atoms with Crippen LogP contribution in [-0.4, -0.2) is 23.0 Å². The highest BCUT2D eigenvalue weighted by molar-refractivity contribution is 7.14. The third-order valence-electron chi connectivity index (χ3n) is 3.43. The molecule has 0 unspecified atom stereocenters. The van der Waals surface area contributed by atoms with E-state index in [0.29, 0.717) is 10.8 Å². The van der Waals surface area contributed by atoms with Gasteiger partial charge in [-0.1, -0.05) is 12.1 Å². The van der Waals surface area contributed by atoms with Gasteiger partial charge in [-0.2, -0.15) is 5.10 Å². The number of nitrogens with zero attached hydrogens (tertiary/aromatic N) is 3. The maximum absolute atomic E-state index is 14.0. The van der Waals surface area contributed by atoms with Crippen LogP contribution in [0, 0.1) is 11.7 Å². The smallest absolute Gasteiger partial charge is 0.243 e. The Balaban J connectivity index is 1.77. The molecule has 0 spiro atoms. The fourth-order valence-corrected chi connectivity index (χ4v) is 2.91. The molecule has 1 N–H and O–H groups in total. The van der Waals surface area contributed by atoms with Crippen molar-refractivity contribution in [3.63, 3.8) is 0 Å². The number of halogens is 1. The van der Waals surface area contributed by atoms with Crippen LogP contribution in [0.2, 0.25) is 0 Å². The van der Waals surface area contributed by atoms with Crippen molar-refractivity contribution in [2.75, 3.05) is 4.90 Å². The Morgan fingerprint density at radius 3 is 2.83 bits per heavy atom. The van der Waals surface area contributed by atoms with Gasteiger partial charge in [-0.05, 0) is 25.0 Å². The highest BCUT2D eigenvalue weighted by atomic mass is 32.1. The molecule has 1 aliphatic rings. The van der Waals surface area contributed by atoms with Crippen molar-refractivity contribution in [1.82, 2.24) is 10.4 Å². The minimum atomic E-state index is -0.505. The van der Waals surface area contributed by atoms with Gasteiger partial charge in [0.1, 0.15) is 5.82 Å². The number of hydrogen-bond donors (Lipinski definition) is 1. The van der Waals surface area contributed by atoms with Crippen molar-refractivity contribution >= 4 is 40.2 Å². The second-order valence-electron chi connectivity index (χ2n) is 5.37. The molecule has 1 aromatic carbocycles. The lowest BCUT2D eigenvalue weighted by Crippen LogP contribution is -2.23. The molecule has 0 radical (unpaired) electrons. The van der Waals surface area contributed by atoms with Gasteiger partial charge in [0.25, 0.3) is 0 Å². The average molecular weight is 346 g/mol. The third kappa shape index (κ3) is 3.65. The Morgan fingerprint density at radius 2 is 2.17 bits per heavy atom. The minimum Gasteiger partial charge on any atom is -0.274 e. The van der Waals surface area contributed by atoms with Gasteiger partial charge in [-0.15, -0.1) is 11.3 Å². The largest absolute Gasteiger partial charge is 0.274 e. The van der Waals surface area contributed by atoms with Gasteiger partial charge in [0.05, 0.1) is 17.6 Å². The summed E-state index contributed by atoms with van der Waals surface area (Å²) in [6, 6.07) is 6.01. The maximum atomic E-state index is 14.0. The summed E-state index contributed by atoms with van der Waals surface area (Å²) >= 11 is 1.19. The van der Waals surface area contributed by atoms with E-state index in [2.05, 4.69) is 15.5 Å². The summed E-state index contributed by atoms with van der Waals surface area (Å²) in [6.45, 7) is 1.34. The predicted octanol–water partition coefficient (Wildman–Crippen LogP) is 2.83. The van der Waals surface area contributed by atoms with Crippen LogP contribution in [0.15, 0.2) is 34.7 Å². The van der Waals surface area contributed by atoms with E-state index in [1.165, 1.54) is 41.5 Å². The SMILES string of the molecule is CC(=O)N(c1nc(/C=N\NC(=O)C2CC2)cs1)c1ccccc1F. The second-order valence-corrected chi connectivity index (χ2v) is 6.21. The predicted molar refractivity (Wildman–Crippen MR) is 89.8 cm³/mol. The fraction of sp³-hybridized carbons (Fsp3) is 0.250. The third-order valence-corrected chi connectivity index (χ3v) is 4.27. The van der Waals surface area contributed by atoms with E-state index >= 15 is 0 Å². The van der Waals surface area contributed by atoms with E-state index in [1.54, 1.807) is 17.5 Å². The zero-order valence-corrected chi connectivity index (χ0v) is 13.7. The van der Waals surface area contributed by atoms with Gasteiger partial charge >= 0.3 is 0 Å². The molecule has 0 saturated heterocycles. The van der Waals surface area contributed by atoms with E-state index in [-0.39, 0.29) is 23.4 Å². The van der Waals surface area contributed by atoms with Crippen molar-refractivity contribution in [1.29, 1.82) is 0 Å². The first kappa shape index (κ1) is 16.3. The van der Waals surface area contributed by atoms with Crippen molar-refractivity contribution in [2.45, 2.75) is 19.8 Å². The maximum Gasteiger partial charge on any atom is 0.243 e. The topological polar surface area (TPSA) is 74.7 Å². The standard InChI is InChI=1S/C16H15FN4O2S/c1-10(22)21(14-5-3-2-4-13(14)17)16-19-12(9-24-16)8-18-20-15(23)11-6-7-11/h2-5,8-9,11H,6-7H2,1H3,(H,20,23)/b18-8-. The van der Waals surface area contributed by atoms with Crippen LogP contribution in [0.1, 0.15) is 25.5 Å². The first-order valence-corrected chi connectivity index (χ1v) is 8.28. The number of hydrogen-bond acceptors (Lipinski definition) is 5. The highest BCUT2D eigenvalue weighted by Gasteiger charge is 2.29. The van der Waals surface area contributed by atoms with E-state index in [9.17, 15) is 14.0 Å². The molecule has 0 atom stereocenters. The highest BCUT2D eigenvalue weighted by Crippen LogP contribution is 2.30. The number of amides is 2. The van der Waals surface area contributed by atoms with Crippen LogP contribution in [0.25, 0.3) is 0 Å². The number of nitrogens with one attached hydrogen (secondary N) is 1. The quantitative estimate of drug-likeness (QED) is 0.668. The van der Waals surface area contributed by atoms with Gasteiger partial charge in [0.2, 0.25) is 11.8 Å². The number of carbonyl (C=O) groups excluding carboxylic acids is 2. The summed E-state index contributed by atoms with van der Waals surface area (Å²) < 4.78 is 14.0. The van der Waals surface area contributed by atoms with Crippen molar-refractivity contribution in [3.8, 4) is 0 Å². The molecule has 24 heavy (non-hydrogen) atoms. The molecule has 8 heteroatoms. The van der Waals surface area contributed by atoms with E-state index < -0.39 is 5.82 Å². The summed E-state index contributed by atoms with van der Waals surface area (Å²) in [7, 11) is 0. The van der Waals surface area contributed by atoms with Crippen LogP contribution >= 0.6 is 11.3 Å². The van der Waals surface area contributed by atoms with Crippen LogP contribution < -0.4 is 10.3 Å². The molecular formula is C16H15FN4O2S. The van der Waals surface area contributed by atoms with E-state index in [1.807, 2.05) is 0 Å². The molecule has 2 aromatic rings. The van der Waals surface area contributed by atoms with E-state index in [0.717, 1.165) is 12.8 Å². The Morgan fingerprint density at radius 1 is 1.42 bits per heavy atom. The zero-order valence-electron chi connectivity index (χ0n) is 12.9. The lowest BCUT2D eigenvalue weighted by atomic mass is 10.3. The molecular weight excluding hydrogens is 331 g/mol. The monoisotopic (exact) mass is 346 g/mol. The van der Waals surface area contributed by atoms with Gasteiger partial charge in [0, 0.05) is 18.2 Å². The molecule has 124 valence electrons. The van der Waals surface area contributed by atoms with Gasteiger partial charge < -0.3 is 0 Å². The summed E-state index contributed by atoms with van der Waals surface area (Å²) in [6.07, 6.45) is 3.21. The number of rotatable bonds is 5. The molecule has 6 nitrogen and oxygen atoms in total. The normalized spacial score (nSPS) is 13.9. The van der Waals surface area contributed by atoms with Gasteiger partial charge in [0.15, 0.2) is 5.13 Å². The molecule has 1 aliphatic carbocycles. The number of hydrazone groups is 1. The Kier molecular flexibility index (Phi) is 4.66. The Hall–Kier alpha value is -2.61. The summed E-state index contributed by atoms with van der Waals surface area (Å²) in [4.78, 5) is 28.9. The molecule has 2 amide bonds. The lowest BCUT2D eigenvalue weighted by Gasteiger charge is -2.18. The number of thiazole rings is 1. The molecule has 1 aromatic heterocycles. The molecule has 3 rings (SSSR count). The van der Waals surface area contributed by atoms with Crippen molar-refractivity contribution in [2.24, 2.45) is 11.0 Å². The number of benzene rings is 1. The lowest BCUT2D eigenvalue weighted by molar-refractivity contribution is -0.122. The second kappa shape index (κ2) is 6.88. The first-order valence-electron chi connectivity index (χ1n) is 7.40. The Labute approximate surface area is 142 Å². The van der Waals surface area contributed by atoms with Crippen molar-refractivity contribution in [3.05, 3.63) is 41.2 Å². The zero-order chi connectivity index (χ0) is 17.1. The van der Waals surface area contributed by atoms with Crippen LogP contribution in [-0.2, 0) is 9.59 Å². The summed E-state index contributed by atoms with van der Waals surface area (Å²) in [5.41, 5.74) is 3.07. The van der Waals surface area contributed by atoms with Crippen LogP contribution in [0.3, 0.4) is 0 Å². The Bertz CT molecular complexity index is 801. The molecule has 1 saturated carbocycles. The first-order chi connectivity index (χ1) is 11.6.